The Balaban J connectivity index is 1.92. The van der Waals surface area contributed by atoms with E-state index in [1.807, 2.05) is 24.3 Å². The number of methoxy groups -OCH3 is 1. The van der Waals surface area contributed by atoms with Gasteiger partial charge in [0, 0.05) is 5.56 Å². The molecular weight excluding hydrogens is 303 g/mol. The van der Waals surface area contributed by atoms with Gasteiger partial charge in [-0.2, -0.15) is 0 Å². The van der Waals surface area contributed by atoms with Crippen LogP contribution in [-0.2, 0) is 11.3 Å². The number of fused-ring (bicyclic) bond motifs is 1. The summed E-state index contributed by atoms with van der Waals surface area (Å²) in [7, 11) is 1.56. The van der Waals surface area contributed by atoms with E-state index in [0.717, 1.165) is 5.56 Å². The minimum atomic E-state index is -0.716. The Hall–Kier alpha value is -2.34. The van der Waals surface area contributed by atoms with Gasteiger partial charge in [0.05, 0.1) is 19.4 Å². The van der Waals surface area contributed by atoms with Gasteiger partial charge >= 0.3 is 0 Å². The molecule has 0 spiro atoms. The van der Waals surface area contributed by atoms with Gasteiger partial charge in [-0.15, -0.1) is 0 Å². The molecule has 2 aliphatic rings. The van der Waals surface area contributed by atoms with Crippen molar-refractivity contribution in [2.75, 3.05) is 7.11 Å². The second-order valence-corrected chi connectivity index (χ2v) is 5.28. The van der Waals surface area contributed by atoms with Crippen LogP contribution in [-0.4, -0.2) is 28.7 Å². The summed E-state index contributed by atoms with van der Waals surface area (Å²) < 4.78 is 18.7. The first-order valence-corrected chi connectivity index (χ1v) is 7.12. The third-order valence-corrected chi connectivity index (χ3v) is 3.88. The number of allylic oxidation sites excluding steroid dienone is 3. The number of hydrogen-bond donors (Lipinski definition) is 0. The van der Waals surface area contributed by atoms with E-state index in [-0.39, 0.29) is 17.6 Å². The molecule has 22 heavy (non-hydrogen) atoms. The van der Waals surface area contributed by atoms with Gasteiger partial charge in [0.15, 0.2) is 0 Å². The summed E-state index contributed by atoms with van der Waals surface area (Å²) in [5.74, 6) is -0.771. The van der Waals surface area contributed by atoms with Crippen molar-refractivity contribution >= 4 is 28.9 Å². The predicted molar refractivity (Wildman–Crippen MR) is 85.4 cm³/mol. The van der Waals surface area contributed by atoms with Gasteiger partial charge in [0.25, 0.3) is 0 Å². The smallest absolute Gasteiger partial charge is 0.242 e. The lowest BCUT2D eigenvalue weighted by Crippen LogP contribution is -2.45. The summed E-state index contributed by atoms with van der Waals surface area (Å²) >= 11 is 5.21. The SMILES string of the molecule is COc1ccccc1CN1C(=O)C2C=C(F)C=CC2=NC1=S. The second kappa shape index (κ2) is 5.81. The van der Waals surface area contributed by atoms with E-state index in [1.165, 1.54) is 23.1 Å². The average Bonchev–Trinajstić information content (AvgIpc) is 2.52. The first-order chi connectivity index (χ1) is 10.6. The maximum absolute atomic E-state index is 13.4. The molecule has 3 rings (SSSR count). The molecule has 0 N–H and O–H groups in total. The first kappa shape index (κ1) is 14.6. The number of para-hydroxylation sites is 1. The van der Waals surface area contributed by atoms with E-state index >= 15 is 0 Å². The maximum Gasteiger partial charge on any atom is 0.242 e. The summed E-state index contributed by atoms with van der Waals surface area (Å²) in [6.45, 7) is 0.244. The minimum Gasteiger partial charge on any atom is -0.496 e. The van der Waals surface area contributed by atoms with Crippen LogP contribution in [0.4, 0.5) is 4.39 Å². The monoisotopic (exact) mass is 316 g/mol. The van der Waals surface area contributed by atoms with E-state index < -0.39 is 11.7 Å². The molecule has 1 aliphatic heterocycles. The molecule has 1 aromatic rings. The highest BCUT2D eigenvalue weighted by Gasteiger charge is 2.35. The molecular formula is C16H13FN2O2S. The number of carbonyl (C=O) groups excluding carboxylic acids is 1. The molecule has 1 heterocycles. The highest BCUT2D eigenvalue weighted by molar-refractivity contribution is 7.80. The van der Waals surface area contributed by atoms with Crippen LogP contribution in [0.5, 0.6) is 5.75 Å². The van der Waals surface area contributed by atoms with Crippen molar-refractivity contribution < 1.29 is 13.9 Å². The quantitative estimate of drug-likeness (QED) is 0.805. The maximum atomic E-state index is 13.4. The Kier molecular flexibility index (Phi) is 3.85. The number of aliphatic imine (C=N–C) groups is 1. The van der Waals surface area contributed by atoms with Crippen molar-refractivity contribution in [2.24, 2.45) is 10.9 Å². The molecule has 0 saturated heterocycles. The van der Waals surface area contributed by atoms with Gasteiger partial charge in [-0.25, -0.2) is 9.38 Å². The highest BCUT2D eigenvalue weighted by Crippen LogP contribution is 2.26. The third kappa shape index (κ3) is 2.57. The van der Waals surface area contributed by atoms with Gasteiger partial charge in [0.1, 0.15) is 17.5 Å². The fourth-order valence-electron chi connectivity index (χ4n) is 2.46. The van der Waals surface area contributed by atoms with Crippen molar-refractivity contribution in [1.82, 2.24) is 4.90 Å². The molecule has 0 aromatic heterocycles. The number of benzene rings is 1. The summed E-state index contributed by atoms with van der Waals surface area (Å²) in [5.41, 5.74) is 1.29. The van der Waals surface area contributed by atoms with Crippen LogP contribution >= 0.6 is 12.2 Å². The Bertz CT molecular complexity index is 739. The zero-order valence-corrected chi connectivity index (χ0v) is 12.6. The number of carbonyl (C=O) groups is 1. The van der Waals surface area contributed by atoms with Gasteiger partial charge in [-0.1, -0.05) is 18.2 Å². The van der Waals surface area contributed by atoms with Crippen LogP contribution in [0.25, 0.3) is 0 Å². The minimum absolute atomic E-state index is 0.183. The number of halogens is 1. The Morgan fingerprint density at radius 1 is 1.36 bits per heavy atom. The third-order valence-electron chi connectivity index (χ3n) is 3.57. The Morgan fingerprint density at radius 2 is 2.14 bits per heavy atom. The molecule has 6 heteroatoms. The summed E-state index contributed by atoms with van der Waals surface area (Å²) in [6.07, 6.45) is 4.03. The number of hydrogen-bond acceptors (Lipinski definition) is 3. The molecule has 1 unspecified atom stereocenters. The number of nitrogens with zero attached hydrogens (tertiary/aromatic N) is 2. The lowest BCUT2D eigenvalue weighted by Gasteiger charge is -2.30. The van der Waals surface area contributed by atoms with Crippen LogP contribution in [0, 0.1) is 5.92 Å². The molecule has 1 amide bonds. The number of ether oxygens (including phenoxy) is 1. The molecule has 4 nitrogen and oxygen atoms in total. The Labute approximate surface area is 132 Å². The first-order valence-electron chi connectivity index (χ1n) is 6.71. The fourth-order valence-corrected chi connectivity index (χ4v) is 2.72. The van der Waals surface area contributed by atoms with E-state index in [2.05, 4.69) is 4.99 Å². The molecule has 0 radical (unpaired) electrons. The topological polar surface area (TPSA) is 41.9 Å². The van der Waals surface area contributed by atoms with Crippen molar-refractivity contribution in [3.8, 4) is 5.75 Å². The Morgan fingerprint density at radius 3 is 2.91 bits per heavy atom. The second-order valence-electron chi connectivity index (χ2n) is 4.92. The van der Waals surface area contributed by atoms with Gasteiger partial charge in [-0.05, 0) is 36.5 Å². The normalized spacial score (nSPS) is 20.5. The lowest BCUT2D eigenvalue weighted by molar-refractivity contribution is -0.129. The van der Waals surface area contributed by atoms with Crippen molar-refractivity contribution in [2.45, 2.75) is 6.54 Å². The van der Waals surface area contributed by atoms with Gasteiger partial charge < -0.3 is 4.74 Å². The van der Waals surface area contributed by atoms with E-state index in [9.17, 15) is 9.18 Å². The van der Waals surface area contributed by atoms with Crippen molar-refractivity contribution in [1.29, 1.82) is 0 Å². The van der Waals surface area contributed by atoms with Crippen LogP contribution in [0.15, 0.2) is 53.3 Å². The molecule has 1 aliphatic carbocycles. The standard InChI is InChI=1S/C16H13FN2O2S/c1-21-14-5-3-2-4-10(14)9-19-15(20)12-8-11(17)6-7-13(12)18-16(19)22/h2-8,12H,9H2,1H3. The summed E-state index contributed by atoms with van der Waals surface area (Å²) in [4.78, 5) is 18.2. The highest BCUT2D eigenvalue weighted by atomic mass is 32.1. The number of amides is 1. The lowest BCUT2D eigenvalue weighted by atomic mass is 9.95. The zero-order valence-electron chi connectivity index (χ0n) is 11.8. The molecule has 1 atom stereocenters. The van der Waals surface area contributed by atoms with Crippen LogP contribution < -0.4 is 4.74 Å². The van der Waals surface area contributed by atoms with Gasteiger partial charge in [-0.3, -0.25) is 9.69 Å². The predicted octanol–water partition coefficient (Wildman–Crippen LogP) is 2.80. The molecule has 0 bridgehead atoms. The molecule has 1 aromatic carbocycles. The molecule has 0 saturated carbocycles. The van der Waals surface area contributed by atoms with Crippen LogP contribution in [0.2, 0.25) is 0 Å². The number of rotatable bonds is 3. The van der Waals surface area contributed by atoms with E-state index in [1.54, 1.807) is 7.11 Å². The zero-order chi connectivity index (χ0) is 15.7. The van der Waals surface area contributed by atoms with Crippen LogP contribution in [0.1, 0.15) is 5.56 Å². The van der Waals surface area contributed by atoms with Gasteiger partial charge in [0.2, 0.25) is 11.0 Å². The molecule has 0 fully saturated rings. The van der Waals surface area contributed by atoms with E-state index in [4.69, 9.17) is 17.0 Å². The summed E-state index contributed by atoms with van der Waals surface area (Å²) in [5, 5.41) is 0.183. The fraction of sp³-hybridized carbons (Fsp3) is 0.188. The summed E-state index contributed by atoms with van der Waals surface area (Å²) in [6, 6.07) is 7.36. The molecule has 112 valence electrons. The van der Waals surface area contributed by atoms with E-state index in [0.29, 0.717) is 11.5 Å². The number of thiocarbonyl (C=S) groups is 1. The van der Waals surface area contributed by atoms with Crippen molar-refractivity contribution in [3.05, 3.63) is 53.9 Å². The van der Waals surface area contributed by atoms with Crippen LogP contribution in [0.3, 0.4) is 0 Å². The largest absolute Gasteiger partial charge is 0.496 e. The average molecular weight is 316 g/mol. The van der Waals surface area contributed by atoms with Crippen molar-refractivity contribution in [3.63, 3.8) is 0 Å².